The Hall–Kier alpha value is -1.63. The molecule has 0 aliphatic carbocycles. The summed E-state index contributed by atoms with van der Waals surface area (Å²) in [5.74, 6) is -1.59. The number of carbonyl (C=O) groups excluding carboxylic acids is 3. The van der Waals surface area contributed by atoms with Crippen LogP contribution in [-0.4, -0.2) is 36.5 Å². The first kappa shape index (κ1) is 17.4. The van der Waals surface area contributed by atoms with Gasteiger partial charge in [-0.3, -0.25) is 14.4 Å². The van der Waals surface area contributed by atoms with Crippen LogP contribution < -0.4 is 16.8 Å². The Morgan fingerprint density at radius 2 is 1.95 bits per heavy atom. The zero-order valence-corrected chi connectivity index (χ0v) is 11.5. The Balaban J connectivity index is 4.11. The molecular weight excluding hydrogens is 250 g/mol. The van der Waals surface area contributed by atoms with Gasteiger partial charge in [0.2, 0.25) is 11.8 Å². The summed E-state index contributed by atoms with van der Waals surface area (Å²) in [6, 6.07) is -1.64. The molecule has 0 rings (SSSR count). The number of hydrogen-bond acceptors (Lipinski definition) is 5. The summed E-state index contributed by atoms with van der Waals surface area (Å²) in [5, 5.41) is 2.39. The van der Waals surface area contributed by atoms with Crippen molar-refractivity contribution in [3.63, 3.8) is 0 Å². The van der Waals surface area contributed by atoms with E-state index in [1.807, 2.05) is 6.92 Å². The minimum absolute atomic E-state index is 0.0244. The predicted molar refractivity (Wildman–Crippen MR) is 69.9 cm³/mol. The Morgan fingerprint density at radius 3 is 2.42 bits per heavy atom. The number of hydrogen-bond donors (Lipinski definition) is 3. The van der Waals surface area contributed by atoms with Crippen molar-refractivity contribution in [1.82, 2.24) is 5.32 Å². The lowest BCUT2D eigenvalue weighted by atomic mass is 10.1. The van der Waals surface area contributed by atoms with Gasteiger partial charge >= 0.3 is 5.97 Å². The third-order valence-corrected chi connectivity index (χ3v) is 2.47. The van der Waals surface area contributed by atoms with Crippen molar-refractivity contribution in [2.75, 3.05) is 6.61 Å². The highest BCUT2D eigenvalue weighted by Gasteiger charge is 2.21. The zero-order valence-electron chi connectivity index (χ0n) is 11.5. The largest absolute Gasteiger partial charge is 0.466 e. The topological polar surface area (TPSA) is 125 Å². The van der Waals surface area contributed by atoms with Crippen molar-refractivity contribution in [1.29, 1.82) is 0 Å². The normalized spacial score (nSPS) is 13.4. The van der Waals surface area contributed by atoms with Crippen LogP contribution in [0.1, 0.15) is 39.5 Å². The molecule has 0 saturated heterocycles. The maximum Gasteiger partial charge on any atom is 0.305 e. The van der Waals surface area contributed by atoms with Gasteiger partial charge in [-0.05, 0) is 19.8 Å². The van der Waals surface area contributed by atoms with Gasteiger partial charge in [0.05, 0.1) is 12.6 Å². The van der Waals surface area contributed by atoms with E-state index in [9.17, 15) is 14.4 Å². The van der Waals surface area contributed by atoms with E-state index in [1.54, 1.807) is 0 Å². The molecule has 0 aliphatic heterocycles. The lowest BCUT2D eigenvalue weighted by Gasteiger charge is -2.16. The van der Waals surface area contributed by atoms with Crippen molar-refractivity contribution in [3.05, 3.63) is 0 Å². The maximum atomic E-state index is 11.4. The molecule has 0 aromatic carbocycles. The van der Waals surface area contributed by atoms with Crippen LogP contribution in [0.25, 0.3) is 0 Å². The number of primary amides is 1. The van der Waals surface area contributed by atoms with Gasteiger partial charge in [0, 0.05) is 6.42 Å². The summed E-state index contributed by atoms with van der Waals surface area (Å²) < 4.78 is 4.94. The number of unbranched alkanes of at least 4 members (excludes halogenated alkanes) is 1. The van der Waals surface area contributed by atoms with E-state index in [4.69, 9.17) is 16.2 Å². The number of ether oxygens (including phenoxy) is 1. The standard InChI is InChI=1S/C12H23N3O4/c1-3-4-7-19-10(16)6-5-9(11(14)17)15-12(18)8(2)13/h8-9H,3-7,13H2,1-2H3,(H2,14,17)(H,15,18)/t8-,9+/m0/s1. The van der Waals surface area contributed by atoms with Crippen molar-refractivity contribution >= 4 is 17.8 Å². The van der Waals surface area contributed by atoms with Crippen molar-refractivity contribution in [2.24, 2.45) is 11.5 Å². The molecule has 7 heteroatoms. The van der Waals surface area contributed by atoms with Gasteiger partial charge in [-0.1, -0.05) is 13.3 Å². The Kier molecular flexibility index (Phi) is 8.52. The van der Waals surface area contributed by atoms with Crippen LogP contribution in [-0.2, 0) is 19.1 Å². The van der Waals surface area contributed by atoms with Crippen LogP contribution >= 0.6 is 0 Å². The molecule has 0 unspecified atom stereocenters. The molecule has 0 heterocycles. The van der Waals surface area contributed by atoms with Gasteiger partial charge in [-0.25, -0.2) is 0 Å². The van der Waals surface area contributed by atoms with Crippen LogP contribution in [0.15, 0.2) is 0 Å². The van der Waals surface area contributed by atoms with Crippen LogP contribution in [0.2, 0.25) is 0 Å². The highest BCUT2D eigenvalue weighted by Crippen LogP contribution is 2.01. The second-order valence-corrected chi connectivity index (χ2v) is 4.36. The molecule has 0 spiro atoms. The zero-order chi connectivity index (χ0) is 14.8. The third-order valence-electron chi connectivity index (χ3n) is 2.47. The highest BCUT2D eigenvalue weighted by atomic mass is 16.5. The molecule has 2 atom stereocenters. The quantitative estimate of drug-likeness (QED) is 0.383. The lowest BCUT2D eigenvalue weighted by Crippen LogP contribution is -2.49. The van der Waals surface area contributed by atoms with Crippen molar-refractivity contribution < 1.29 is 19.1 Å². The highest BCUT2D eigenvalue weighted by molar-refractivity contribution is 5.89. The lowest BCUT2D eigenvalue weighted by molar-refractivity contribution is -0.144. The fourth-order valence-corrected chi connectivity index (χ4v) is 1.25. The van der Waals surface area contributed by atoms with Crippen LogP contribution in [0.5, 0.6) is 0 Å². The van der Waals surface area contributed by atoms with Crippen LogP contribution in [0.4, 0.5) is 0 Å². The second kappa shape index (κ2) is 9.32. The van der Waals surface area contributed by atoms with E-state index in [0.717, 1.165) is 12.8 Å². The number of nitrogens with two attached hydrogens (primary N) is 2. The van der Waals surface area contributed by atoms with Gasteiger partial charge in [-0.2, -0.15) is 0 Å². The molecule has 0 bridgehead atoms. The molecule has 110 valence electrons. The molecule has 0 fully saturated rings. The molecule has 5 N–H and O–H groups in total. The molecule has 0 aromatic rings. The molecule has 0 radical (unpaired) electrons. The molecule has 0 aliphatic rings. The molecule has 0 aromatic heterocycles. The average Bonchev–Trinajstić information content (AvgIpc) is 2.33. The monoisotopic (exact) mass is 273 g/mol. The SMILES string of the molecule is CCCCOC(=O)CC[C@@H](NC(=O)[C@H](C)N)C(N)=O. The second-order valence-electron chi connectivity index (χ2n) is 4.36. The number of amides is 2. The van der Waals surface area contributed by atoms with E-state index in [0.29, 0.717) is 6.61 Å². The first-order valence-corrected chi connectivity index (χ1v) is 6.39. The molecule has 7 nitrogen and oxygen atoms in total. The van der Waals surface area contributed by atoms with Crippen molar-refractivity contribution in [3.8, 4) is 0 Å². The minimum Gasteiger partial charge on any atom is -0.466 e. The number of esters is 1. The summed E-state index contributed by atoms with van der Waals surface area (Å²) in [5.41, 5.74) is 10.5. The van der Waals surface area contributed by atoms with Crippen LogP contribution in [0.3, 0.4) is 0 Å². The fraction of sp³-hybridized carbons (Fsp3) is 0.750. The van der Waals surface area contributed by atoms with E-state index >= 15 is 0 Å². The van der Waals surface area contributed by atoms with E-state index < -0.39 is 29.9 Å². The average molecular weight is 273 g/mol. The summed E-state index contributed by atoms with van der Waals surface area (Å²) in [7, 11) is 0. The Labute approximate surface area is 113 Å². The first-order chi connectivity index (χ1) is 8.88. The minimum atomic E-state index is -0.905. The van der Waals surface area contributed by atoms with E-state index in [1.165, 1.54) is 6.92 Å². The predicted octanol–water partition coefficient (Wildman–Crippen LogP) is -0.573. The molecule has 2 amide bonds. The molecule has 19 heavy (non-hydrogen) atoms. The smallest absolute Gasteiger partial charge is 0.305 e. The maximum absolute atomic E-state index is 11.4. The number of carbonyl (C=O) groups is 3. The van der Waals surface area contributed by atoms with Gasteiger partial charge in [-0.15, -0.1) is 0 Å². The van der Waals surface area contributed by atoms with Gasteiger partial charge in [0.25, 0.3) is 0 Å². The van der Waals surface area contributed by atoms with Gasteiger partial charge in [0.1, 0.15) is 6.04 Å². The van der Waals surface area contributed by atoms with Gasteiger partial charge < -0.3 is 21.5 Å². The fourth-order valence-electron chi connectivity index (χ4n) is 1.25. The molecular formula is C12H23N3O4. The summed E-state index contributed by atoms with van der Waals surface area (Å²) in [6.45, 7) is 3.84. The number of nitrogens with one attached hydrogen (secondary N) is 1. The molecule has 0 saturated carbocycles. The number of rotatable bonds is 9. The third kappa shape index (κ3) is 8.15. The Morgan fingerprint density at radius 1 is 1.32 bits per heavy atom. The van der Waals surface area contributed by atoms with Gasteiger partial charge in [0.15, 0.2) is 0 Å². The van der Waals surface area contributed by atoms with E-state index in [-0.39, 0.29) is 12.8 Å². The summed E-state index contributed by atoms with van der Waals surface area (Å²) >= 11 is 0. The van der Waals surface area contributed by atoms with E-state index in [2.05, 4.69) is 5.32 Å². The Bertz CT molecular complexity index is 318. The summed E-state index contributed by atoms with van der Waals surface area (Å²) in [4.78, 5) is 33.9. The first-order valence-electron chi connectivity index (χ1n) is 6.39. The van der Waals surface area contributed by atoms with Crippen molar-refractivity contribution in [2.45, 2.75) is 51.6 Å². The van der Waals surface area contributed by atoms with Crippen LogP contribution in [0, 0.1) is 0 Å². The summed E-state index contributed by atoms with van der Waals surface area (Å²) in [6.07, 6.45) is 1.86.